The molecule has 0 radical (unpaired) electrons. The number of ether oxygens (including phenoxy) is 1. The van der Waals surface area contributed by atoms with E-state index in [1.54, 1.807) is 0 Å². The van der Waals surface area contributed by atoms with E-state index in [-0.39, 0.29) is 6.04 Å². The second-order valence-electron chi connectivity index (χ2n) is 5.47. The first-order valence-electron chi connectivity index (χ1n) is 7.26. The molecule has 3 rings (SSSR count). The first-order valence-corrected chi connectivity index (χ1v) is 7.26. The lowest BCUT2D eigenvalue weighted by Gasteiger charge is -2.33. The molecule has 2 heterocycles. The first-order chi connectivity index (χ1) is 9.76. The Balaban J connectivity index is 1.75. The first kappa shape index (κ1) is 13.6. The third-order valence-electron chi connectivity index (χ3n) is 3.90. The van der Waals surface area contributed by atoms with E-state index in [2.05, 4.69) is 29.3 Å². The molecule has 1 aliphatic rings. The molecule has 2 aromatic rings. The molecule has 1 aromatic heterocycles. The molecule has 0 aliphatic carbocycles. The van der Waals surface area contributed by atoms with Gasteiger partial charge in [0.15, 0.2) is 0 Å². The second-order valence-corrected chi connectivity index (χ2v) is 5.47. The molecular weight excluding hydrogens is 252 g/mol. The molecule has 4 nitrogen and oxygen atoms in total. The van der Waals surface area contributed by atoms with Crippen LogP contribution in [0.4, 0.5) is 0 Å². The molecule has 1 fully saturated rings. The Kier molecular flexibility index (Phi) is 4.05. The lowest BCUT2D eigenvalue weighted by atomic mass is 10.1. The third-order valence-corrected chi connectivity index (χ3v) is 3.90. The van der Waals surface area contributed by atoms with Crippen molar-refractivity contribution in [2.24, 2.45) is 0 Å². The molecule has 0 spiro atoms. The van der Waals surface area contributed by atoms with Crippen LogP contribution in [-0.2, 0) is 4.74 Å². The Labute approximate surface area is 119 Å². The largest absolute Gasteiger partial charge is 0.459 e. The summed E-state index contributed by atoms with van der Waals surface area (Å²) in [5.74, 6) is 1.01. The number of fused-ring (bicyclic) bond motifs is 1. The van der Waals surface area contributed by atoms with Crippen molar-refractivity contribution in [2.45, 2.75) is 19.1 Å². The molecule has 1 N–H and O–H groups in total. The van der Waals surface area contributed by atoms with Crippen molar-refractivity contribution in [2.75, 3.05) is 33.3 Å². The smallest absolute Gasteiger partial charge is 0.134 e. The van der Waals surface area contributed by atoms with Gasteiger partial charge in [-0.2, -0.15) is 0 Å². The highest BCUT2D eigenvalue weighted by Crippen LogP contribution is 2.24. The van der Waals surface area contributed by atoms with Crippen LogP contribution in [0, 0.1) is 0 Å². The van der Waals surface area contributed by atoms with Crippen molar-refractivity contribution >= 4 is 11.0 Å². The van der Waals surface area contributed by atoms with E-state index < -0.39 is 0 Å². The average Bonchev–Trinajstić information content (AvgIpc) is 2.88. The van der Waals surface area contributed by atoms with Crippen LogP contribution in [0.2, 0.25) is 0 Å². The molecule has 0 bridgehead atoms. The molecule has 20 heavy (non-hydrogen) atoms. The maximum absolute atomic E-state index is 5.97. The minimum atomic E-state index is 0.215. The Morgan fingerprint density at radius 2 is 2.25 bits per heavy atom. The lowest BCUT2D eigenvalue weighted by molar-refractivity contribution is -0.0214. The van der Waals surface area contributed by atoms with Gasteiger partial charge in [0.2, 0.25) is 0 Å². The van der Waals surface area contributed by atoms with Gasteiger partial charge in [0.1, 0.15) is 11.3 Å². The number of nitrogens with zero attached hydrogens (tertiary/aromatic N) is 1. The van der Waals surface area contributed by atoms with Crippen molar-refractivity contribution < 1.29 is 9.15 Å². The molecule has 2 unspecified atom stereocenters. The van der Waals surface area contributed by atoms with E-state index in [0.717, 1.165) is 43.0 Å². The van der Waals surface area contributed by atoms with Gasteiger partial charge < -0.3 is 14.5 Å². The second kappa shape index (κ2) is 5.95. The summed E-state index contributed by atoms with van der Waals surface area (Å²) in [6, 6.07) is 10.5. The highest BCUT2D eigenvalue weighted by molar-refractivity contribution is 5.77. The van der Waals surface area contributed by atoms with Gasteiger partial charge in [-0.3, -0.25) is 4.90 Å². The van der Waals surface area contributed by atoms with Crippen molar-refractivity contribution in [1.29, 1.82) is 0 Å². The van der Waals surface area contributed by atoms with Gasteiger partial charge in [-0.05, 0) is 26.1 Å². The van der Waals surface area contributed by atoms with Crippen LogP contribution >= 0.6 is 0 Å². The quantitative estimate of drug-likeness (QED) is 0.929. The molecular formula is C16H22N2O2. The predicted molar refractivity (Wildman–Crippen MR) is 79.9 cm³/mol. The molecule has 0 saturated carbocycles. The maximum atomic E-state index is 5.97. The highest BCUT2D eigenvalue weighted by atomic mass is 16.5. The molecule has 1 saturated heterocycles. The van der Waals surface area contributed by atoms with Crippen molar-refractivity contribution in [1.82, 2.24) is 10.2 Å². The van der Waals surface area contributed by atoms with Crippen LogP contribution in [0.25, 0.3) is 11.0 Å². The molecule has 0 amide bonds. The summed E-state index contributed by atoms with van der Waals surface area (Å²) in [4.78, 5) is 2.43. The zero-order valence-electron chi connectivity index (χ0n) is 12.1. The van der Waals surface area contributed by atoms with Crippen molar-refractivity contribution in [3.05, 3.63) is 36.1 Å². The maximum Gasteiger partial charge on any atom is 0.134 e. The molecule has 1 aromatic carbocycles. The normalized spacial score (nSPS) is 22.2. The zero-order chi connectivity index (χ0) is 13.9. The van der Waals surface area contributed by atoms with Crippen LogP contribution in [0.5, 0.6) is 0 Å². The number of para-hydroxylation sites is 1. The Bertz CT molecular complexity index is 533. The number of hydrogen-bond donors (Lipinski definition) is 1. The van der Waals surface area contributed by atoms with E-state index in [0.29, 0.717) is 6.10 Å². The van der Waals surface area contributed by atoms with Crippen molar-refractivity contribution in [3.8, 4) is 0 Å². The van der Waals surface area contributed by atoms with Gasteiger partial charge >= 0.3 is 0 Å². The summed E-state index contributed by atoms with van der Waals surface area (Å²) in [5.41, 5.74) is 0.957. The average molecular weight is 274 g/mol. The van der Waals surface area contributed by atoms with E-state index in [4.69, 9.17) is 9.15 Å². The number of rotatable bonds is 4. The monoisotopic (exact) mass is 274 g/mol. The highest BCUT2D eigenvalue weighted by Gasteiger charge is 2.22. The van der Waals surface area contributed by atoms with Crippen molar-refractivity contribution in [3.63, 3.8) is 0 Å². The molecule has 108 valence electrons. The van der Waals surface area contributed by atoms with Gasteiger partial charge in [-0.15, -0.1) is 0 Å². The van der Waals surface area contributed by atoms with Gasteiger partial charge in [0, 0.05) is 25.0 Å². The Morgan fingerprint density at radius 1 is 1.40 bits per heavy atom. The number of hydrogen-bond acceptors (Lipinski definition) is 4. The zero-order valence-corrected chi connectivity index (χ0v) is 12.1. The van der Waals surface area contributed by atoms with Gasteiger partial charge in [0.25, 0.3) is 0 Å². The lowest BCUT2D eigenvalue weighted by Crippen LogP contribution is -2.44. The van der Waals surface area contributed by atoms with E-state index in [9.17, 15) is 0 Å². The van der Waals surface area contributed by atoms with Crippen LogP contribution in [0.1, 0.15) is 18.7 Å². The topological polar surface area (TPSA) is 37.6 Å². The van der Waals surface area contributed by atoms with Gasteiger partial charge in [-0.1, -0.05) is 18.2 Å². The van der Waals surface area contributed by atoms with Crippen LogP contribution in [0.3, 0.4) is 0 Å². The SMILES string of the molecule is CNC(CN1CCOC(C)C1)c1cc2ccccc2o1. The standard InChI is InChI=1S/C16H22N2O2/c1-12-10-18(7-8-19-12)11-14(17-2)16-9-13-5-3-4-6-15(13)20-16/h3-6,9,12,14,17H,7-8,10-11H2,1-2H3. The van der Waals surface area contributed by atoms with Gasteiger partial charge in [-0.25, -0.2) is 0 Å². The molecule has 2 atom stereocenters. The fraction of sp³-hybridized carbons (Fsp3) is 0.500. The number of morpholine rings is 1. The Hall–Kier alpha value is -1.36. The summed E-state index contributed by atoms with van der Waals surface area (Å²) in [7, 11) is 1.99. The van der Waals surface area contributed by atoms with E-state index in [1.165, 1.54) is 0 Å². The molecule has 1 aliphatic heterocycles. The summed E-state index contributed by atoms with van der Waals surface area (Å²) in [6.45, 7) is 5.87. The summed E-state index contributed by atoms with van der Waals surface area (Å²) in [5, 5.41) is 4.53. The third kappa shape index (κ3) is 2.87. The van der Waals surface area contributed by atoms with E-state index in [1.807, 2.05) is 25.2 Å². The number of benzene rings is 1. The summed E-state index contributed by atoms with van der Waals surface area (Å²) < 4.78 is 11.6. The number of nitrogens with one attached hydrogen (secondary N) is 1. The minimum Gasteiger partial charge on any atom is -0.459 e. The van der Waals surface area contributed by atoms with Crippen LogP contribution in [-0.4, -0.2) is 44.3 Å². The molecule has 4 heteroatoms. The minimum absolute atomic E-state index is 0.215. The van der Waals surface area contributed by atoms with Crippen LogP contribution < -0.4 is 5.32 Å². The van der Waals surface area contributed by atoms with Gasteiger partial charge in [0.05, 0.1) is 18.8 Å². The van der Waals surface area contributed by atoms with Crippen LogP contribution in [0.15, 0.2) is 34.7 Å². The van der Waals surface area contributed by atoms with E-state index >= 15 is 0 Å². The number of furan rings is 1. The summed E-state index contributed by atoms with van der Waals surface area (Å²) in [6.07, 6.45) is 0.317. The fourth-order valence-electron chi connectivity index (χ4n) is 2.81. The predicted octanol–water partition coefficient (Wildman–Crippen LogP) is 2.41. The number of likely N-dealkylation sites (N-methyl/N-ethyl adjacent to an activating group) is 1. The summed E-state index contributed by atoms with van der Waals surface area (Å²) >= 11 is 0. The fourth-order valence-corrected chi connectivity index (χ4v) is 2.81. The Morgan fingerprint density at radius 3 is 3.00 bits per heavy atom.